The van der Waals surface area contributed by atoms with Crippen LogP contribution in [0.2, 0.25) is 0 Å². The average molecular weight is 342 g/mol. The summed E-state index contributed by atoms with van der Waals surface area (Å²) in [5.41, 5.74) is 2.41. The molecule has 0 bridgehead atoms. The number of hydrogen-bond donors (Lipinski definition) is 0. The first kappa shape index (κ1) is 17.3. The molecule has 1 aliphatic rings. The van der Waals surface area contributed by atoms with Crippen LogP contribution in [0.1, 0.15) is 34.6 Å². The number of methoxy groups -OCH3 is 1. The topological polar surface area (TPSA) is 18.5 Å². The molecule has 0 saturated heterocycles. The van der Waals surface area contributed by atoms with E-state index in [1.165, 1.54) is 10.9 Å². The Bertz CT molecular complexity index is 731. The summed E-state index contributed by atoms with van der Waals surface area (Å²) in [4.78, 5) is 0. The van der Waals surface area contributed by atoms with Crippen LogP contribution in [-0.2, 0) is 0 Å². The quantitative estimate of drug-likeness (QED) is 0.672. The number of hydrogen-bond acceptors (Lipinski definition) is 2. The second kappa shape index (κ2) is 6.41. The normalized spacial score (nSPS) is 20.0. The summed E-state index contributed by atoms with van der Waals surface area (Å²) >= 11 is 0. The van der Waals surface area contributed by atoms with Crippen molar-refractivity contribution in [2.24, 2.45) is 5.92 Å². The van der Waals surface area contributed by atoms with Crippen LogP contribution >= 0.6 is 7.92 Å². The lowest BCUT2D eigenvalue weighted by atomic mass is 10.0. The van der Waals surface area contributed by atoms with Gasteiger partial charge in [0.25, 0.3) is 0 Å². The van der Waals surface area contributed by atoms with Gasteiger partial charge >= 0.3 is 0 Å². The molecule has 0 amide bonds. The Balaban J connectivity index is 2.23. The summed E-state index contributed by atoms with van der Waals surface area (Å²) in [5, 5.41) is 1.58. The predicted molar refractivity (Wildman–Crippen MR) is 104 cm³/mol. The van der Waals surface area contributed by atoms with Gasteiger partial charge in [0.05, 0.1) is 7.11 Å². The third-order valence-electron chi connectivity index (χ3n) is 4.43. The highest BCUT2D eigenvalue weighted by Gasteiger charge is 2.44. The molecule has 2 nitrogen and oxygen atoms in total. The van der Waals surface area contributed by atoms with Gasteiger partial charge in [-0.2, -0.15) is 0 Å². The highest BCUT2D eigenvalue weighted by Crippen LogP contribution is 2.61. The minimum absolute atomic E-state index is 0.188. The molecule has 0 fully saturated rings. The zero-order valence-corrected chi connectivity index (χ0v) is 16.4. The van der Waals surface area contributed by atoms with Gasteiger partial charge in [0.15, 0.2) is 0 Å². The van der Waals surface area contributed by atoms with Crippen LogP contribution in [0.5, 0.6) is 11.5 Å². The van der Waals surface area contributed by atoms with Crippen molar-refractivity contribution in [3.8, 4) is 22.6 Å². The summed E-state index contributed by atoms with van der Waals surface area (Å²) in [6.07, 6.45) is 0. The molecular weight excluding hydrogens is 315 g/mol. The van der Waals surface area contributed by atoms with E-state index < -0.39 is 7.92 Å². The van der Waals surface area contributed by atoms with Crippen molar-refractivity contribution in [3.05, 3.63) is 42.5 Å². The van der Waals surface area contributed by atoms with E-state index >= 15 is 0 Å². The number of para-hydroxylation sites is 1. The lowest BCUT2D eigenvalue weighted by Gasteiger charge is -2.34. The molecule has 0 N–H and O–H groups in total. The molecule has 2 aromatic rings. The summed E-state index contributed by atoms with van der Waals surface area (Å²) in [6.45, 7) is 11.5. The van der Waals surface area contributed by atoms with Gasteiger partial charge in [-0.15, -0.1) is 0 Å². The molecule has 2 unspecified atom stereocenters. The molecular formula is C21H27O2P. The highest BCUT2D eigenvalue weighted by molar-refractivity contribution is 7.68. The van der Waals surface area contributed by atoms with Gasteiger partial charge in [-0.05, 0) is 36.7 Å². The zero-order chi connectivity index (χ0) is 17.5. The van der Waals surface area contributed by atoms with Crippen LogP contribution in [0.4, 0.5) is 0 Å². The number of rotatable bonds is 3. The fourth-order valence-electron chi connectivity index (χ4n) is 3.41. The van der Waals surface area contributed by atoms with E-state index in [0.717, 1.165) is 17.1 Å². The van der Waals surface area contributed by atoms with Crippen LogP contribution in [0, 0.1) is 5.92 Å². The van der Waals surface area contributed by atoms with E-state index in [4.69, 9.17) is 9.47 Å². The Labute approximate surface area is 146 Å². The van der Waals surface area contributed by atoms with Crippen molar-refractivity contribution >= 4 is 13.2 Å². The number of benzene rings is 2. The maximum Gasteiger partial charge on any atom is 0.128 e. The molecule has 3 rings (SSSR count). The van der Waals surface area contributed by atoms with Gasteiger partial charge in [-0.1, -0.05) is 65.0 Å². The monoisotopic (exact) mass is 342 g/mol. The van der Waals surface area contributed by atoms with E-state index in [1.807, 2.05) is 12.1 Å². The predicted octanol–water partition coefficient (Wildman–Crippen LogP) is 5.64. The fourth-order valence-corrected chi connectivity index (χ4v) is 6.73. The van der Waals surface area contributed by atoms with Crippen LogP contribution in [0.15, 0.2) is 42.5 Å². The van der Waals surface area contributed by atoms with Gasteiger partial charge < -0.3 is 9.47 Å². The Kier molecular flexibility index (Phi) is 4.62. The lowest BCUT2D eigenvalue weighted by molar-refractivity contribution is 0.240. The van der Waals surface area contributed by atoms with Gasteiger partial charge in [-0.3, -0.25) is 0 Å². The standard InChI is InChI=1S/C21H27O2P/c1-14(2)20-23-18-13-9-11-16(19(18)24(20)21(3,4)5)15-10-7-8-12-17(15)22-6/h7-14,20H,1-6H3. The summed E-state index contributed by atoms with van der Waals surface area (Å²) in [6, 6.07) is 14.7. The average Bonchev–Trinajstić information content (AvgIpc) is 2.94. The van der Waals surface area contributed by atoms with E-state index in [1.54, 1.807) is 7.11 Å². The van der Waals surface area contributed by atoms with Crippen molar-refractivity contribution in [2.75, 3.05) is 7.11 Å². The van der Waals surface area contributed by atoms with Crippen molar-refractivity contribution in [1.82, 2.24) is 0 Å². The molecule has 0 aromatic heterocycles. The minimum atomic E-state index is -0.444. The molecule has 1 aliphatic heterocycles. The first-order valence-electron chi connectivity index (χ1n) is 8.57. The highest BCUT2D eigenvalue weighted by atomic mass is 31.1. The van der Waals surface area contributed by atoms with Crippen LogP contribution < -0.4 is 14.8 Å². The minimum Gasteiger partial charge on any atom is -0.496 e. The molecule has 128 valence electrons. The second-order valence-corrected chi connectivity index (χ2v) is 10.7. The first-order valence-corrected chi connectivity index (χ1v) is 9.98. The van der Waals surface area contributed by atoms with Crippen LogP contribution in [0.25, 0.3) is 11.1 Å². The largest absolute Gasteiger partial charge is 0.496 e. The fraction of sp³-hybridized carbons (Fsp3) is 0.429. The zero-order valence-electron chi connectivity index (χ0n) is 15.5. The Morgan fingerprint density at radius 2 is 1.67 bits per heavy atom. The van der Waals surface area contributed by atoms with E-state index in [-0.39, 0.29) is 11.0 Å². The first-order chi connectivity index (χ1) is 11.3. The van der Waals surface area contributed by atoms with Gasteiger partial charge in [0, 0.05) is 10.9 Å². The molecule has 0 spiro atoms. The van der Waals surface area contributed by atoms with Crippen molar-refractivity contribution < 1.29 is 9.47 Å². The Morgan fingerprint density at radius 3 is 2.29 bits per heavy atom. The summed E-state index contributed by atoms with van der Waals surface area (Å²) < 4.78 is 12.1. The molecule has 2 atom stereocenters. The van der Waals surface area contributed by atoms with Crippen molar-refractivity contribution in [3.63, 3.8) is 0 Å². The van der Waals surface area contributed by atoms with E-state index in [0.29, 0.717) is 5.92 Å². The van der Waals surface area contributed by atoms with E-state index in [9.17, 15) is 0 Å². The summed E-state index contributed by atoms with van der Waals surface area (Å²) in [5.74, 6) is 2.74. The SMILES string of the molecule is COc1ccccc1-c1cccc2c1P(C(C)(C)C)C(C(C)C)O2. The maximum atomic E-state index is 6.43. The second-order valence-electron chi connectivity index (χ2n) is 7.65. The maximum absolute atomic E-state index is 6.43. The summed E-state index contributed by atoms with van der Waals surface area (Å²) in [7, 11) is 1.29. The van der Waals surface area contributed by atoms with Crippen LogP contribution in [-0.4, -0.2) is 18.1 Å². The van der Waals surface area contributed by atoms with Gasteiger partial charge in [0.1, 0.15) is 17.3 Å². The molecule has 2 aromatic carbocycles. The number of fused-ring (bicyclic) bond motifs is 1. The van der Waals surface area contributed by atoms with Crippen molar-refractivity contribution in [2.45, 2.75) is 45.6 Å². The smallest absolute Gasteiger partial charge is 0.128 e. The molecule has 1 heterocycles. The van der Waals surface area contributed by atoms with E-state index in [2.05, 4.69) is 65.0 Å². The molecule has 24 heavy (non-hydrogen) atoms. The third kappa shape index (κ3) is 2.93. The Hall–Kier alpha value is -1.53. The van der Waals surface area contributed by atoms with Crippen molar-refractivity contribution in [1.29, 1.82) is 0 Å². The molecule has 0 aliphatic carbocycles. The van der Waals surface area contributed by atoms with Gasteiger partial charge in [-0.25, -0.2) is 0 Å². The Morgan fingerprint density at radius 1 is 1.00 bits per heavy atom. The van der Waals surface area contributed by atoms with Crippen LogP contribution in [0.3, 0.4) is 0 Å². The third-order valence-corrected chi connectivity index (χ3v) is 8.03. The molecule has 0 saturated carbocycles. The number of ether oxygens (including phenoxy) is 2. The van der Waals surface area contributed by atoms with Gasteiger partial charge in [0.2, 0.25) is 0 Å². The lowest BCUT2D eigenvalue weighted by Crippen LogP contribution is -2.27. The molecule has 0 radical (unpaired) electrons. The molecule has 3 heteroatoms.